The third-order valence-electron chi connectivity index (χ3n) is 1.85. The van der Waals surface area contributed by atoms with Gasteiger partial charge in [-0.1, -0.05) is 0 Å². The van der Waals surface area contributed by atoms with Crippen molar-refractivity contribution < 1.29 is 14.5 Å². The maximum absolute atomic E-state index is 10.8. The molecule has 0 aliphatic heterocycles. The summed E-state index contributed by atoms with van der Waals surface area (Å²) in [7, 11) is 1.22. The van der Waals surface area contributed by atoms with Crippen molar-refractivity contribution in [2.45, 2.75) is 0 Å². The SMILES string of the molecule is COC(=O)C=Cc1cc(N)ccc1[N+](=O)[O-]. The average molecular weight is 222 g/mol. The summed E-state index contributed by atoms with van der Waals surface area (Å²) in [5.41, 5.74) is 6.02. The van der Waals surface area contributed by atoms with Gasteiger partial charge in [0.05, 0.1) is 17.6 Å². The van der Waals surface area contributed by atoms with Gasteiger partial charge in [0.1, 0.15) is 0 Å². The summed E-state index contributed by atoms with van der Waals surface area (Å²) >= 11 is 0. The lowest BCUT2D eigenvalue weighted by Crippen LogP contribution is -1.96. The van der Waals surface area contributed by atoms with E-state index >= 15 is 0 Å². The maximum Gasteiger partial charge on any atom is 0.330 e. The average Bonchev–Trinajstić information content (AvgIpc) is 2.25. The lowest BCUT2D eigenvalue weighted by molar-refractivity contribution is -0.385. The Hall–Kier alpha value is -2.37. The topological polar surface area (TPSA) is 95.5 Å². The second-order valence-corrected chi connectivity index (χ2v) is 2.93. The van der Waals surface area contributed by atoms with Gasteiger partial charge in [-0.25, -0.2) is 4.79 Å². The fraction of sp³-hybridized carbons (Fsp3) is 0.100. The number of benzene rings is 1. The molecule has 0 atom stereocenters. The second-order valence-electron chi connectivity index (χ2n) is 2.93. The molecule has 0 saturated carbocycles. The largest absolute Gasteiger partial charge is 0.466 e. The highest BCUT2D eigenvalue weighted by Crippen LogP contribution is 2.22. The van der Waals surface area contributed by atoms with Crippen molar-refractivity contribution in [1.82, 2.24) is 0 Å². The molecular formula is C10H10N2O4. The summed E-state index contributed by atoms with van der Waals surface area (Å²) in [4.78, 5) is 21.0. The zero-order valence-electron chi connectivity index (χ0n) is 8.54. The number of nitro benzene ring substituents is 1. The molecule has 6 heteroatoms. The summed E-state index contributed by atoms with van der Waals surface area (Å²) in [5.74, 6) is -0.586. The van der Waals surface area contributed by atoms with E-state index in [2.05, 4.69) is 4.74 Å². The molecule has 0 bridgehead atoms. The van der Waals surface area contributed by atoms with Crippen LogP contribution in [0.1, 0.15) is 5.56 Å². The van der Waals surface area contributed by atoms with Crippen LogP contribution in [-0.2, 0) is 9.53 Å². The van der Waals surface area contributed by atoms with Crippen molar-refractivity contribution in [2.24, 2.45) is 0 Å². The molecule has 0 radical (unpaired) electrons. The molecule has 1 rings (SSSR count). The van der Waals surface area contributed by atoms with Gasteiger partial charge in [0.2, 0.25) is 0 Å². The Balaban J connectivity index is 3.10. The normalized spacial score (nSPS) is 10.3. The monoisotopic (exact) mass is 222 g/mol. The van der Waals surface area contributed by atoms with E-state index in [4.69, 9.17) is 5.73 Å². The Morgan fingerprint density at radius 1 is 1.56 bits per heavy atom. The molecule has 0 amide bonds. The van der Waals surface area contributed by atoms with E-state index in [1.165, 1.54) is 31.4 Å². The Morgan fingerprint density at radius 3 is 2.81 bits per heavy atom. The van der Waals surface area contributed by atoms with E-state index in [1.54, 1.807) is 0 Å². The number of methoxy groups -OCH3 is 1. The molecule has 1 aromatic rings. The number of ether oxygens (including phenoxy) is 1. The Labute approximate surface area is 91.5 Å². The van der Waals surface area contributed by atoms with Crippen LogP contribution in [0.5, 0.6) is 0 Å². The summed E-state index contributed by atoms with van der Waals surface area (Å²) in [6, 6.07) is 4.12. The number of nitrogens with two attached hydrogens (primary N) is 1. The minimum atomic E-state index is -0.586. The third kappa shape index (κ3) is 2.81. The molecule has 0 unspecified atom stereocenters. The van der Waals surface area contributed by atoms with Gasteiger partial charge < -0.3 is 10.5 Å². The van der Waals surface area contributed by atoms with Crippen LogP contribution in [0.15, 0.2) is 24.3 Å². The minimum Gasteiger partial charge on any atom is -0.466 e. The number of nitro groups is 1. The van der Waals surface area contributed by atoms with Crippen LogP contribution >= 0.6 is 0 Å². The van der Waals surface area contributed by atoms with Crippen molar-refractivity contribution in [3.63, 3.8) is 0 Å². The standard InChI is InChI=1S/C10H10N2O4/c1-16-10(13)5-2-7-6-8(11)3-4-9(7)12(14)15/h2-6H,11H2,1H3. The summed E-state index contributed by atoms with van der Waals surface area (Å²) < 4.78 is 4.38. The second kappa shape index (κ2) is 4.92. The fourth-order valence-electron chi connectivity index (χ4n) is 1.10. The van der Waals surface area contributed by atoms with Crippen LogP contribution in [-0.4, -0.2) is 18.0 Å². The Morgan fingerprint density at radius 2 is 2.25 bits per heavy atom. The number of carbonyl (C=O) groups is 1. The molecule has 16 heavy (non-hydrogen) atoms. The highest BCUT2D eigenvalue weighted by atomic mass is 16.6. The van der Waals surface area contributed by atoms with Crippen molar-refractivity contribution in [1.29, 1.82) is 0 Å². The van der Waals surface area contributed by atoms with Gasteiger partial charge in [0.15, 0.2) is 0 Å². The number of rotatable bonds is 3. The van der Waals surface area contributed by atoms with Gasteiger partial charge in [-0.15, -0.1) is 0 Å². The van der Waals surface area contributed by atoms with Crippen LogP contribution in [0.3, 0.4) is 0 Å². The number of nitrogens with zero attached hydrogens (tertiary/aromatic N) is 1. The van der Waals surface area contributed by atoms with Crippen molar-refractivity contribution in [3.05, 3.63) is 40.0 Å². The number of nitrogen functional groups attached to an aromatic ring is 1. The Bertz CT molecular complexity index is 454. The van der Waals surface area contributed by atoms with E-state index in [0.717, 1.165) is 6.08 Å². The van der Waals surface area contributed by atoms with Crippen molar-refractivity contribution >= 4 is 23.4 Å². The van der Waals surface area contributed by atoms with Crippen LogP contribution in [0.25, 0.3) is 6.08 Å². The van der Waals surface area contributed by atoms with Gasteiger partial charge in [0.25, 0.3) is 5.69 Å². The molecule has 2 N–H and O–H groups in total. The van der Waals surface area contributed by atoms with Gasteiger partial charge >= 0.3 is 5.97 Å². The third-order valence-corrected chi connectivity index (χ3v) is 1.85. The zero-order valence-corrected chi connectivity index (χ0v) is 8.54. The summed E-state index contributed by atoms with van der Waals surface area (Å²) in [6.45, 7) is 0. The van der Waals surface area contributed by atoms with Crippen LogP contribution in [0, 0.1) is 10.1 Å². The van der Waals surface area contributed by atoms with E-state index in [1.807, 2.05) is 0 Å². The molecule has 0 aliphatic rings. The van der Waals surface area contributed by atoms with Gasteiger partial charge in [-0.2, -0.15) is 0 Å². The highest BCUT2D eigenvalue weighted by molar-refractivity contribution is 5.88. The molecule has 0 saturated heterocycles. The fourth-order valence-corrected chi connectivity index (χ4v) is 1.10. The van der Waals surface area contributed by atoms with Gasteiger partial charge in [-0.05, 0) is 18.2 Å². The van der Waals surface area contributed by atoms with Crippen LogP contribution in [0.2, 0.25) is 0 Å². The minimum absolute atomic E-state index is 0.116. The first-order chi connectivity index (χ1) is 7.54. The van der Waals surface area contributed by atoms with E-state index in [9.17, 15) is 14.9 Å². The molecule has 0 heterocycles. The number of hydrogen-bond donors (Lipinski definition) is 1. The molecular weight excluding hydrogens is 212 g/mol. The molecule has 0 spiro atoms. The molecule has 6 nitrogen and oxygen atoms in total. The highest BCUT2D eigenvalue weighted by Gasteiger charge is 2.11. The van der Waals surface area contributed by atoms with Crippen molar-refractivity contribution in [2.75, 3.05) is 12.8 Å². The maximum atomic E-state index is 10.8. The molecule has 1 aromatic carbocycles. The zero-order chi connectivity index (χ0) is 12.1. The number of carbonyl (C=O) groups excluding carboxylic acids is 1. The Kier molecular flexibility index (Phi) is 3.60. The number of hydrogen-bond acceptors (Lipinski definition) is 5. The van der Waals surface area contributed by atoms with Crippen molar-refractivity contribution in [3.8, 4) is 0 Å². The summed E-state index contributed by atoms with van der Waals surface area (Å²) in [6.07, 6.45) is 2.39. The smallest absolute Gasteiger partial charge is 0.330 e. The number of anilines is 1. The molecule has 0 aromatic heterocycles. The van der Waals surface area contributed by atoms with Gasteiger partial charge in [0, 0.05) is 17.8 Å². The molecule has 0 aliphatic carbocycles. The lowest BCUT2D eigenvalue weighted by Gasteiger charge is -1.99. The summed E-state index contributed by atoms with van der Waals surface area (Å²) in [5, 5.41) is 10.7. The van der Waals surface area contributed by atoms with Crippen LogP contribution in [0.4, 0.5) is 11.4 Å². The first-order valence-corrected chi connectivity index (χ1v) is 4.34. The van der Waals surface area contributed by atoms with E-state index in [-0.39, 0.29) is 11.3 Å². The quantitative estimate of drug-likeness (QED) is 0.274. The predicted molar refractivity (Wildman–Crippen MR) is 58.6 cm³/mol. The first kappa shape index (κ1) is 11.7. The van der Waals surface area contributed by atoms with Gasteiger partial charge in [-0.3, -0.25) is 10.1 Å². The number of esters is 1. The first-order valence-electron chi connectivity index (χ1n) is 4.34. The van der Waals surface area contributed by atoms with E-state index < -0.39 is 10.9 Å². The van der Waals surface area contributed by atoms with Crippen LogP contribution < -0.4 is 5.73 Å². The molecule has 84 valence electrons. The lowest BCUT2D eigenvalue weighted by atomic mass is 10.1. The predicted octanol–water partition coefficient (Wildman–Crippen LogP) is 1.36. The van der Waals surface area contributed by atoms with E-state index in [0.29, 0.717) is 5.69 Å². The molecule has 0 fully saturated rings.